The molecular weight excluding hydrogens is 206 g/mol. The molecule has 0 saturated carbocycles. The minimum absolute atomic E-state index is 0.221. The highest BCUT2D eigenvalue weighted by Gasteiger charge is 2.13. The maximum Gasteiger partial charge on any atom is 0.255 e. The highest BCUT2D eigenvalue weighted by Crippen LogP contribution is 2.13. The number of rotatable bonds is 3. The number of nitrogens with zero attached hydrogens (tertiary/aromatic N) is 1. The number of ether oxygens (including phenoxy) is 1. The van der Waals surface area contributed by atoms with Gasteiger partial charge in [0.25, 0.3) is 5.91 Å². The number of imidazole rings is 1. The molecule has 16 heavy (non-hydrogen) atoms. The van der Waals surface area contributed by atoms with Crippen LogP contribution in [0.15, 0.2) is 24.3 Å². The first-order chi connectivity index (χ1) is 7.70. The van der Waals surface area contributed by atoms with Crippen molar-refractivity contribution in [2.24, 2.45) is 0 Å². The maximum absolute atomic E-state index is 11.5. The van der Waals surface area contributed by atoms with Gasteiger partial charge in [0.1, 0.15) is 6.10 Å². The topological polar surface area (TPSA) is 67.0 Å². The number of aromatic nitrogens is 2. The van der Waals surface area contributed by atoms with Gasteiger partial charge < -0.3 is 9.72 Å². The summed E-state index contributed by atoms with van der Waals surface area (Å²) in [4.78, 5) is 18.8. The lowest BCUT2D eigenvalue weighted by atomic mass is 10.3. The van der Waals surface area contributed by atoms with E-state index in [4.69, 9.17) is 4.74 Å². The number of anilines is 1. The molecule has 0 spiro atoms. The molecule has 0 fully saturated rings. The average molecular weight is 219 g/mol. The van der Waals surface area contributed by atoms with Crippen molar-refractivity contribution in [2.75, 3.05) is 12.4 Å². The van der Waals surface area contributed by atoms with E-state index in [0.29, 0.717) is 5.95 Å². The lowest BCUT2D eigenvalue weighted by Gasteiger charge is -2.07. The van der Waals surface area contributed by atoms with E-state index in [2.05, 4.69) is 15.3 Å². The molecule has 0 radical (unpaired) electrons. The van der Waals surface area contributed by atoms with Crippen LogP contribution in [0.3, 0.4) is 0 Å². The van der Waals surface area contributed by atoms with Gasteiger partial charge in [0.05, 0.1) is 11.0 Å². The van der Waals surface area contributed by atoms with Crippen molar-refractivity contribution in [2.45, 2.75) is 13.0 Å². The smallest absolute Gasteiger partial charge is 0.255 e. The SMILES string of the molecule is COC(C)C(=O)Nc1nc2ccccc2[nH]1. The van der Waals surface area contributed by atoms with Crippen molar-refractivity contribution in [3.8, 4) is 0 Å². The van der Waals surface area contributed by atoms with Crippen LogP contribution in [0.4, 0.5) is 5.95 Å². The number of hydrogen-bond acceptors (Lipinski definition) is 3. The van der Waals surface area contributed by atoms with Crippen molar-refractivity contribution >= 4 is 22.9 Å². The molecular formula is C11H13N3O2. The first-order valence-corrected chi connectivity index (χ1v) is 4.99. The van der Waals surface area contributed by atoms with Crippen LogP contribution in [0.2, 0.25) is 0 Å². The second-order valence-corrected chi connectivity index (χ2v) is 3.47. The third-order valence-corrected chi connectivity index (χ3v) is 2.35. The van der Waals surface area contributed by atoms with Crippen LogP contribution in [-0.4, -0.2) is 29.1 Å². The van der Waals surface area contributed by atoms with E-state index in [1.807, 2.05) is 24.3 Å². The Morgan fingerprint density at radius 1 is 1.50 bits per heavy atom. The normalized spacial score (nSPS) is 12.6. The average Bonchev–Trinajstić information content (AvgIpc) is 2.69. The Bertz CT molecular complexity index is 474. The number of carbonyl (C=O) groups excluding carboxylic acids is 1. The third kappa shape index (κ3) is 2.04. The van der Waals surface area contributed by atoms with Gasteiger partial charge in [-0.15, -0.1) is 0 Å². The number of H-pyrrole nitrogens is 1. The first-order valence-electron chi connectivity index (χ1n) is 4.99. The Kier molecular flexibility index (Phi) is 2.87. The van der Waals surface area contributed by atoms with E-state index >= 15 is 0 Å². The van der Waals surface area contributed by atoms with Gasteiger partial charge in [-0.05, 0) is 19.1 Å². The molecule has 0 aliphatic carbocycles. The van der Waals surface area contributed by atoms with Crippen LogP contribution in [0.5, 0.6) is 0 Å². The Hall–Kier alpha value is -1.88. The molecule has 5 heteroatoms. The van der Waals surface area contributed by atoms with Crippen molar-refractivity contribution in [3.05, 3.63) is 24.3 Å². The van der Waals surface area contributed by atoms with E-state index in [9.17, 15) is 4.79 Å². The third-order valence-electron chi connectivity index (χ3n) is 2.35. The van der Waals surface area contributed by atoms with Gasteiger partial charge in [0, 0.05) is 7.11 Å². The van der Waals surface area contributed by atoms with Crippen molar-refractivity contribution < 1.29 is 9.53 Å². The number of hydrogen-bond donors (Lipinski definition) is 2. The lowest BCUT2D eigenvalue weighted by molar-refractivity contribution is -0.124. The molecule has 2 N–H and O–H groups in total. The zero-order valence-corrected chi connectivity index (χ0v) is 9.15. The molecule has 0 aliphatic heterocycles. The summed E-state index contributed by atoms with van der Waals surface area (Å²) >= 11 is 0. The molecule has 1 heterocycles. The minimum atomic E-state index is -0.492. The molecule has 0 bridgehead atoms. The summed E-state index contributed by atoms with van der Waals surface area (Å²) in [6.45, 7) is 1.68. The minimum Gasteiger partial charge on any atom is -0.372 e. The van der Waals surface area contributed by atoms with Gasteiger partial charge in [-0.2, -0.15) is 0 Å². The number of carbonyl (C=O) groups is 1. The lowest BCUT2D eigenvalue weighted by Crippen LogP contribution is -2.26. The van der Waals surface area contributed by atoms with Crippen LogP contribution in [0.1, 0.15) is 6.92 Å². The fourth-order valence-electron chi connectivity index (χ4n) is 1.34. The summed E-state index contributed by atoms with van der Waals surface area (Å²) in [5.74, 6) is 0.219. The van der Waals surface area contributed by atoms with Gasteiger partial charge >= 0.3 is 0 Å². The fraction of sp³-hybridized carbons (Fsp3) is 0.273. The van der Waals surface area contributed by atoms with Crippen LogP contribution < -0.4 is 5.32 Å². The highest BCUT2D eigenvalue weighted by atomic mass is 16.5. The molecule has 2 rings (SSSR count). The number of aromatic amines is 1. The number of para-hydroxylation sites is 2. The molecule has 5 nitrogen and oxygen atoms in total. The zero-order chi connectivity index (χ0) is 11.5. The predicted octanol–water partition coefficient (Wildman–Crippen LogP) is 1.54. The number of benzene rings is 1. The van der Waals surface area contributed by atoms with Crippen LogP contribution >= 0.6 is 0 Å². The molecule has 1 amide bonds. The summed E-state index contributed by atoms with van der Waals surface area (Å²) in [5.41, 5.74) is 1.71. The zero-order valence-electron chi connectivity index (χ0n) is 9.15. The van der Waals surface area contributed by atoms with Gasteiger partial charge in [-0.3, -0.25) is 10.1 Å². The number of nitrogens with one attached hydrogen (secondary N) is 2. The summed E-state index contributed by atoms with van der Waals surface area (Å²) in [6, 6.07) is 7.58. The molecule has 0 aliphatic rings. The van der Waals surface area contributed by atoms with Gasteiger partial charge in [-0.1, -0.05) is 12.1 Å². The van der Waals surface area contributed by atoms with Gasteiger partial charge in [0.2, 0.25) is 5.95 Å². The monoisotopic (exact) mass is 219 g/mol. The maximum atomic E-state index is 11.5. The second kappa shape index (κ2) is 4.32. The second-order valence-electron chi connectivity index (χ2n) is 3.47. The summed E-state index contributed by atoms with van der Waals surface area (Å²) in [7, 11) is 1.49. The molecule has 1 unspecified atom stereocenters. The molecule has 1 aromatic carbocycles. The Balaban J connectivity index is 2.18. The molecule has 2 aromatic rings. The number of amides is 1. The quantitative estimate of drug-likeness (QED) is 0.822. The van der Waals surface area contributed by atoms with Gasteiger partial charge in [0.15, 0.2) is 0 Å². The van der Waals surface area contributed by atoms with E-state index in [0.717, 1.165) is 11.0 Å². The predicted molar refractivity (Wildman–Crippen MR) is 61.2 cm³/mol. The largest absolute Gasteiger partial charge is 0.372 e. The Morgan fingerprint density at radius 3 is 2.94 bits per heavy atom. The van der Waals surface area contributed by atoms with E-state index in [-0.39, 0.29) is 5.91 Å². The van der Waals surface area contributed by atoms with Crippen molar-refractivity contribution in [1.82, 2.24) is 9.97 Å². The van der Waals surface area contributed by atoms with E-state index in [1.54, 1.807) is 6.92 Å². The van der Waals surface area contributed by atoms with Crippen LogP contribution in [0, 0.1) is 0 Å². The van der Waals surface area contributed by atoms with Gasteiger partial charge in [-0.25, -0.2) is 4.98 Å². The Labute approximate surface area is 92.8 Å². The molecule has 0 saturated heterocycles. The molecule has 1 aromatic heterocycles. The first kappa shape index (κ1) is 10.6. The molecule has 84 valence electrons. The standard InChI is InChI=1S/C11H13N3O2/c1-7(16-2)10(15)14-11-12-8-5-3-4-6-9(8)13-11/h3-7H,1-2H3,(H2,12,13,14,15). The van der Waals surface area contributed by atoms with E-state index < -0.39 is 6.10 Å². The highest BCUT2D eigenvalue weighted by molar-refractivity contribution is 5.93. The van der Waals surface area contributed by atoms with Crippen molar-refractivity contribution in [3.63, 3.8) is 0 Å². The summed E-state index contributed by atoms with van der Waals surface area (Å²) in [5, 5.41) is 2.65. The Morgan fingerprint density at radius 2 is 2.25 bits per heavy atom. The number of methoxy groups -OCH3 is 1. The van der Waals surface area contributed by atoms with E-state index in [1.165, 1.54) is 7.11 Å². The van der Waals surface area contributed by atoms with Crippen molar-refractivity contribution in [1.29, 1.82) is 0 Å². The van der Waals surface area contributed by atoms with Crippen LogP contribution in [0.25, 0.3) is 11.0 Å². The van der Waals surface area contributed by atoms with Crippen LogP contribution in [-0.2, 0) is 9.53 Å². The fourth-order valence-corrected chi connectivity index (χ4v) is 1.34. The summed E-state index contributed by atoms with van der Waals surface area (Å²) < 4.78 is 4.90. The summed E-state index contributed by atoms with van der Waals surface area (Å²) in [6.07, 6.45) is -0.492. The molecule has 1 atom stereocenters. The number of fused-ring (bicyclic) bond motifs is 1.